The largest absolute Gasteiger partial charge is 0.349 e. The van der Waals surface area contributed by atoms with Crippen LogP contribution in [0.15, 0.2) is 57.2 Å². The van der Waals surface area contributed by atoms with E-state index in [0.717, 1.165) is 16.3 Å². The Morgan fingerprint density at radius 2 is 1.77 bits per heavy atom. The number of amides is 1. The highest BCUT2D eigenvalue weighted by molar-refractivity contribution is 5.93. The molecule has 10 heteroatoms. The van der Waals surface area contributed by atoms with Gasteiger partial charge in [-0.1, -0.05) is 0 Å². The number of nitrogens with zero attached hydrogens (tertiary/aromatic N) is 4. The Morgan fingerprint density at radius 3 is 2.48 bits per heavy atom. The van der Waals surface area contributed by atoms with Crippen molar-refractivity contribution in [1.82, 2.24) is 29.6 Å². The number of hydrogen-bond donors (Lipinski definition) is 2. The molecule has 3 aromatic heterocycles. The Kier molecular flexibility index (Phi) is 5.61. The Bertz CT molecular complexity index is 1270. The van der Waals surface area contributed by atoms with Crippen LogP contribution in [0.4, 0.5) is 0 Å². The standard InChI is InChI=1S/C21H22N6O4/c1-26-20(30)16(12-23-21(26)31)19(29)24-14-2-4-15(5-3-14)27-18(28)7-6-17(25-27)13-8-10-22-11-9-13/h6-12,14-15H,2-5H2,1H3,(H,23,31)(H,24,29). The first kappa shape index (κ1) is 20.5. The van der Waals surface area contributed by atoms with Gasteiger partial charge in [0.05, 0.1) is 11.7 Å². The number of nitrogens with one attached hydrogen (secondary N) is 2. The van der Waals surface area contributed by atoms with Crippen molar-refractivity contribution in [3.63, 3.8) is 0 Å². The van der Waals surface area contributed by atoms with Crippen molar-refractivity contribution in [2.24, 2.45) is 7.05 Å². The van der Waals surface area contributed by atoms with E-state index in [-0.39, 0.29) is 23.2 Å². The van der Waals surface area contributed by atoms with E-state index in [1.54, 1.807) is 18.5 Å². The minimum absolute atomic E-state index is 0.0663. The Morgan fingerprint density at radius 1 is 1.06 bits per heavy atom. The van der Waals surface area contributed by atoms with Crippen molar-refractivity contribution in [3.8, 4) is 11.3 Å². The summed E-state index contributed by atoms with van der Waals surface area (Å²) >= 11 is 0. The molecule has 3 aromatic rings. The number of hydrogen-bond acceptors (Lipinski definition) is 6. The van der Waals surface area contributed by atoms with Crippen molar-refractivity contribution in [1.29, 1.82) is 0 Å². The number of H-pyrrole nitrogens is 1. The van der Waals surface area contributed by atoms with E-state index in [9.17, 15) is 19.2 Å². The van der Waals surface area contributed by atoms with Crippen LogP contribution in [0, 0.1) is 0 Å². The number of carbonyl (C=O) groups is 1. The van der Waals surface area contributed by atoms with Crippen LogP contribution in [0.3, 0.4) is 0 Å². The monoisotopic (exact) mass is 422 g/mol. The highest BCUT2D eigenvalue weighted by Gasteiger charge is 2.26. The maximum absolute atomic E-state index is 12.5. The number of pyridine rings is 1. The van der Waals surface area contributed by atoms with Crippen LogP contribution in [0.5, 0.6) is 0 Å². The fraction of sp³-hybridized carbons (Fsp3) is 0.333. The number of aromatic amines is 1. The van der Waals surface area contributed by atoms with Gasteiger partial charge in [0.15, 0.2) is 0 Å². The van der Waals surface area contributed by atoms with Crippen molar-refractivity contribution >= 4 is 5.91 Å². The van der Waals surface area contributed by atoms with E-state index in [4.69, 9.17) is 0 Å². The fourth-order valence-corrected chi connectivity index (χ4v) is 3.82. The number of carbonyl (C=O) groups excluding carboxylic acids is 1. The zero-order valence-electron chi connectivity index (χ0n) is 16.9. The molecule has 1 aliphatic rings. The zero-order chi connectivity index (χ0) is 22.0. The molecule has 0 saturated heterocycles. The molecule has 0 atom stereocenters. The molecule has 0 aliphatic heterocycles. The van der Waals surface area contributed by atoms with Gasteiger partial charge in [-0.05, 0) is 43.9 Å². The fourth-order valence-electron chi connectivity index (χ4n) is 3.82. The van der Waals surface area contributed by atoms with E-state index < -0.39 is 17.2 Å². The van der Waals surface area contributed by atoms with Crippen molar-refractivity contribution in [2.45, 2.75) is 37.8 Å². The summed E-state index contributed by atoms with van der Waals surface area (Å²) in [5.74, 6) is -0.518. The molecule has 0 unspecified atom stereocenters. The van der Waals surface area contributed by atoms with Crippen molar-refractivity contribution < 1.29 is 4.79 Å². The average molecular weight is 422 g/mol. The third kappa shape index (κ3) is 4.23. The van der Waals surface area contributed by atoms with E-state index in [1.165, 1.54) is 17.8 Å². The molecule has 0 aromatic carbocycles. The first-order chi connectivity index (χ1) is 14.9. The van der Waals surface area contributed by atoms with Gasteiger partial charge in [-0.25, -0.2) is 9.48 Å². The maximum atomic E-state index is 12.5. The molecule has 0 spiro atoms. The third-order valence-corrected chi connectivity index (χ3v) is 5.60. The summed E-state index contributed by atoms with van der Waals surface area (Å²) in [6, 6.07) is 6.70. The van der Waals surface area contributed by atoms with E-state index in [0.29, 0.717) is 31.4 Å². The summed E-state index contributed by atoms with van der Waals surface area (Å²) in [5, 5.41) is 7.40. The molecular weight excluding hydrogens is 400 g/mol. The maximum Gasteiger partial charge on any atom is 0.328 e. The predicted molar refractivity (Wildman–Crippen MR) is 113 cm³/mol. The second-order valence-electron chi connectivity index (χ2n) is 7.59. The van der Waals surface area contributed by atoms with Gasteiger partial charge in [0, 0.05) is 43.3 Å². The van der Waals surface area contributed by atoms with Crippen molar-refractivity contribution in [2.75, 3.05) is 0 Å². The van der Waals surface area contributed by atoms with Gasteiger partial charge >= 0.3 is 5.69 Å². The quantitative estimate of drug-likeness (QED) is 0.633. The van der Waals surface area contributed by atoms with Crippen LogP contribution < -0.4 is 22.1 Å². The highest BCUT2D eigenvalue weighted by atomic mass is 16.2. The van der Waals surface area contributed by atoms with Gasteiger partial charge in [0.25, 0.3) is 17.0 Å². The number of aromatic nitrogens is 5. The lowest BCUT2D eigenvalue weighted by atomic mass is 9.91. The van der Waals surface area contributed by atoms with Crippen LogP contribution in [-0.4, -0.2) is 36.3 Å². The van der Waals surface area contributed by atoms with Crippen LogP contribution in [-0.2, 0) is 7.05 Å². The average Bonchev–Trinajstić information content (AvgIpc) is 2.79. The normalized spacial score (nSPS) is 18.5. The van der Waals surface area contributed by atoms with Gasteiger partial charge in [-0.15, -0.1) is 0 Å². The lowest BCUT2D eigenvalue weighted by molar-refractivity contribution is 0.0918. The molecule has 160 valence electrons. The van der Waals surface area contributed by atoms with Gasteiger partial charge in [-0.3, -0.25) is 23.9 Å². The number of rotatable bonds is 4. The topological polar surface area (TPSA) is 132 Å². The predicted octanol–water partition coefficient (Wildman–Crippen LogP) is 0.606. The SMILES string of the molecule is Cn1c(=O)[nH]cc(C(=O)NC2CCC(n3nc(-c4ccncc4)ccc3=O)CC2)c1=O. The van der Waals surface area contributed by atoms with Gasteiger partial charge in [0.2, 0.25) is 0 Å². The third-order valence-electron chi connectivity index (χ3n) is 5.60. The molecule has 4 rings (SSSR count). The summed E-state index contributed by atoms with van der Waals surface area (Å²) in [7, 11) is 1.31. The van der Waals surface area contributed by atoms with Gasteiger partial charge < -0.3 is 10.3 Å². The summed E-state index contributed by atoms with van der Waals surface area (Å²) in [6.45, 7) is 0. The summed E-state index contributed by atoms with van der Waals surface area (Å²) in [6.07, 6.45) is 7.12. The van der Waals surface area contributed by atoms with E-state index >= 15 is 0 Å². The molecule has 0 bridgehead atoms. The molecule has 31 heavy (non-hydrogen) atoms. The Hall–Kier alpha value is -3.82. The Labute approximate surface area is 176 Å². The molecule has 2 N–H and O–H groups in total. The van der Waals surface area contributed by atoms with Gasteiger partial charge in [0.1, 0.15) is 5.56 Å². The summed E-state index contributed by atoms with van der Waals surface area (Å²) < 4.78 is 2.38. The molecule has 1 aliphatic carbocycles. The van der Waals surface area contributed by atoms with Crippen LogP contribution in [0.25, 0.3) is 11.3 Å². The Balaban J connectivity index is 1.44. The minimum atomic E-state index is -0.640. The second kappa shape index (κ2) is 8.50. The molecule has 0 radical (unpaired) electrons. The minimum Gasteiger partial charge on any atom is -0.349 e. The molecule has 1 fully saturated rings. The van der Waals surface area contributed by atoms with Crippen LogP contribution in [0.2, 0.25) is 0 Å². The highest BCUT2D eigenvalue weighted by Crippen LogP contribution is 2.27. The van der Waals surface area contributed by atoms with Crippen molar-refractivity contribution in [3.05, 3.63) is 79.6 Å². The molecule has 10 nitrogen and oxygen atoms in total. The first-order valence-electron chi connectivity index (χ1n) is 10.0. The van der Waals surface area contributed by atoms with Crippen LogP contribution in [0.1, 0.15) is 42.1 Å². The van der Waals surface area contributed by atoms with E-state index in [1.807, 2.05) is 12.1 Å². The summed E-state index contributed by atoms with van der Waals surface area (Å²) in [5.41, 5.74) is 0.0975. The molecule has 1 amide bonds. The second-order valence-corrected chi connectivity index (χ2v) is 7.59. The van der Waals surface area contributed by atoms with E-state index in [2.05, 4.69) is 20.4 Å². The summed E-state index contributed by atoms with van der Waals surface area (Å²) in [4.78, 5) is 54.8. The van der Waals surface area contributed by atoms with Crippen LogP contribution >= 0.6 is 0 Å². The first-order valence-corrected chi connectivity index (χ1v) is 10.0. The lowest BCUT2D eigenvalue weighted by Gasteiger charge is -2.29. The molecular formula is C21H22N6O4. The lowest BCUT2D eigenvalue weighted by Crippen LogP contribution is -2.43. The zero-order valence-corrected chi connectivity index (χ0v) is 16.9. The smallest absolute Gasteiger partial charge is 0.328 e. The molecule has 3 heterocycles. The molecule has 1 saturated carbocycles. The van der Waals surface area contributed by atoms with Gasteiger partial charge in [-0.2, -0.15) is 5.10 Å².